The summed E-state index contributed by atoms with van der Waals surface area (Å²) in [6, 6.07) is 5.75. The summed E-state index contributed by atoms with van der Waals surface area (Å²) in [6.07, 6.45) is 2.15. The number of hydrogen-bond donors (Lipinski definition) is 1. The molecule has 1 atom stereocenters. The largest absolute Gasteiger partial charge is 0.496 e. The number of rotatable bonds is 3. The average molecular weight is 312 g/mol. The van der Waals surface area contributed by atoms with Crippen molar-refractivity contribution in [1.82, 2.24) is 4.98 Å². The third-order valence-electron chi connectivity index (χ3n) is 2.53. The van der Waals surface area contributed by atoms with Crippen molar-refractivity contribution in [2.75, 3.05) is 7.11 Å². The van der Waals surface area contributed by atoms with Gasteiger partial charge in [0.25, 0.3) is 0 Å². The van der Waals surface area contributed by atoms with Crippen molar-refractivity contribution in [3.63, 3.8) is 0 Å². The molecule has 2 aromatic rings. The van der Waals surface area contributed by atoms with Crippen LogP contribution in [0.25, 0.3) is 0 Å². The van der Waals surface area contributed by atoms with Gasteiger partial charge in [-0.15, -0.1) is 0 Å². The summed E-state index contributed by atoms with van der Waals surface area (Å²) in [5, 5.41) is 10.2. The molecule has 0 saturated carbocycles. The van der Waals surface area contributed by atoms with E-state index < -0.39 is 11.9 Å². The van der Waals surface area contributed by atoms with E-state index in [4.69, 9.17) is 4.74 Å². The van der Waals surface area contributed by atoms with Crippen molar-refractivity contribution in [1.29, 1.82) is 0 Å². The maximum atomic E-state index is 13.2. The summed E-state index contributed by atoms with van der Waals surface area (Å²) in [4.78, 5) is 3.97. The molecule has 94 valence electrons. The number of benzene rings is 1. The first-order valence-corrected chi connectivity index (χ1v) is 6.03. The van der Waals surface area contributed by atoms with Crippen LogP contribution in [0.5, 0.6) is 5.75 Å². The fourth-order valence-corrected chi connectivity index (χ4v) is 2.06. The molecule has 1 aromatic heterocycles. The smallest absolute Gasteiger partial charge is 0.125 e. The summed E-state index contributed by atoms with van der Waals surface area (Å²) < 4.78 is 19.1. The zero-order chi connectivity index (χ0) is 13.1. The van der Waals surface area contributed by atoms with Crippen LogP contribution in [0.4, 0.5) is 4.39 Å². The third-order valence-corrected chi connectivity index (χ3v) is 2.96. The molecule has 5 heteroatoms. The van der Waals surface area contributed by atoms with Crippen LogP contribution < -0.4 is 4.74 Å². The summed E-state index contributed by atoms with van der Waals surface area (Å²) in [6.45, 7) is 0. The van der Waals surface area contributed by atoms with E-state index >= 15 is 0 Å². The highest BCUT2D eigenvalue weighted by Crippen LogP contribution is 2.31. The van der Waals surface area contributed by atoms with Crippen LogP contribution in [-0.2, 0) is 0 Å². The number of aliphatic hydroxyl groups is 1. The minimum atomic E-state index is -0.986. The fraction of sp³-hybridized carbons (Fsp3) is 0.154. The van der Waals surface area contributed by atoms with Crippen LogP contribution in [0, 0.1) is 5.82 Å². The highest BCUT2D eigenvalue weighted by atomic mass is 79.9. The summed E-state index contributed by atoms with van der Waals surface area (Å²) in [7, 11) is 1.47. The first kappa shape index (κ1) is 13.0. The molecule has 2 rings (SSSR count). The average Bonchev–Trinajstić information content (AvgIpc) is 2.38. The van der Waals surface area contributed by atoms with Gasteiger partial charge in [-0.25, -0.2) is 4.39 Å². The second-order valence-electron chi connectivity index (χ2n) is 3.73. The Kier molecular flexibility index (Phi) is 3.93. The van der Waals surface area contributed by atoms with Gasteiger partial charge in [0.15, 0.2) is 0 Å². The maximum absolute atomic E-state index is 13.2. The molecule has 1 N–H and O–H groups in total. The lowest BCUT2D eigenvalue weighted by molar-refractivity contribution is 0.213. The highest BCUT2D eigenvalue weighted by Gasteiger charge is 2.16. The van der Waals surface area contributed by atoms with Gasteiger partial charge in [-0.05, 0) is 40.2 Å². The zero-order valence-corrected chi connectivity index (χ0v) is 11.2. The molecule has 3 nitrogen and oxygen atoms in total. The predicted molar refractivity (Wildman–Crippen MR) is 69.0 cm³/mol. The summed E-state index contributed by atoms with van der Waals surface area (Å²) in [5.74, 6) is 0.0108. The van der Waals surface area contributed by atoms with Gasteiger partial charge in [-0.2, -0.15) is 0 Å². The topological polar surface area (TPSA) is 42.4 Å². The molecule has 18 heavy (non-hydrogen) atoms. The molecule has 1 aromatic carbocycles. The second-order valence-corrected chi connectivity index (χ2v) is 4.64. The van der Waals surface area contributed by atoms with Crippen molar-refractivity contribution in [2.45, 2.75) is 6.10 Å². The molecule has 0 spiro atoms. The van der Waals surface area contributed by atoms with E-state index in [1.165, 1.54) is 31.5 Å². The van der Waals surface area contributed by atoms with E-state index in [9.17, 15) is 9.50 Å². The molecule has 0 fully saturated rings. The van der Waals surface area contributed by atoms with Gasteiger partial charge in [0, 0.05) is 28.0 Å². The van der Waals surface area contributed by atoms with Gasteiger partial charge >= 0.3 is 0 Å². The van der Waals surface area contributed by atoms with E-state index in [2.05, 4.69) is 20.9 Å². The predicted octanol–water partition coefficient (Wildman–Crippen LogP) is 3.07. The van der Waals surface area contributed by atoms with E-state index in [0.717, 1.165) is 4.47 Å². The van der Waals surface area contributed by atoms with E-state index in [0.29, 0.717) is 16.9 Å². The van der Waals surface area contributed by atoms with Crippen molar-refractivity contribution >= 4 is 15.9 Å². The molecule has 0 aliphatic heterocycles. The Morgan fingerprint density at radius 2 is 2.11 bits per heavy atom. The number of ether oxygens (including phenoxy) is 1. The lowest BCUT2D eigenvalue weighted by Gasteiger charge is -2.15. The Morgan fingerprint density at radius 1 is 1.33 bits per heavy atom. The van der Waals surface area contributed by atoms with E-state index in [1.807, 2.05) is 0 Å². The molecule has 0 aliphatic rings. The number of aromatic nitrogens is 1. The minimum absolute atomic E-state index is 0.373. The number of aliphatic hydroxyl groups excluding tert-OH is 1. The first-order valence-electron chi connectivity index (χ1n) is 5.24. The molecule has 0 aliphatic carbocycles. The lowest BCUT2D eigenvalue weighted by atomic mass is 10.0. The molecular formula is C13H11BrFNO2. The highest BCUT2D eigenvalue weighted by molar-refractivity contribution is 9.10. The van der Waals surface area contributed by atoms with Crippen LogP contribution >= 0.6 is 15.9 Å². The fourth-order valence-electron chi connectivity index (χ4n) is 1.68. The number of methoxy groups -OCH3 is 1. The molecule has 1 unspecified atom stereocenters. The van der Waals surface area contributed by atoms with Crippen molar-refractivity contribution in [3.8, 4) is 5.75 Å². The Hall–Kier alpha value is -1.46. The van der Waals surface area contributed by atoms with Gasteiger partial charge < -0.3 is 9.84 Å². The molecule has 1 heterocycles. The number of nitrogens with zero attached hydrogens (tertiary/aromatic N) is 1. The second kappa shape index (κ2) is 5.46. The molecule has 0 radical (unpaired) electrons. The lowest BCUT2D eigenvalue weighted by Crippen LogP contribution is -2.03. The van der Waals surface area contributed by atoms with Crippen molar-refractivity contribution < 1.29 is 14.2 Å². The minimum Gasteiger partial charge on any atom is -0.496 e. The summed E-state index contributed by atoms with van der Waals surface area (Å²) >= 11 is 3.27. The van der Waals surface area contributed by atoms with Gasteiger partial charge in [0.1, 0.15) is 17.7 Å². The Balaban J connectivity index is 2.44. The van der Waals surface area contributed by atoms with Crippen LogP contribution in [0.3, 0.4) is 0 Å². The molecule has 0 bridgehead atoms. The Bertz CT molecular complexity index is 562. The summed E-state index contributed by atoms with van der Waals surface area (Å²) in [5.41, 5.74) is 0.936. The van der Waals surface area contributed by atoms with E-state index in [1.54, 1.807) is 12.3 Å². The monoisotopic (exact) mass is 311 g/mol. The van der Waals surface area contributed by atoms with Crippen LogP contribution in [0.15, 0.2) is 41.1 Å². The van der Waals surface area contributed by atoms with E-state index in [-0.39, 0.29) is 0 Å². The van der Waals surface area contributed by atoms with Crippen molar-refractivity contribution in [3.05, 3.63) is 58.1 Å². The first-order chi connectivity index (χ1) is 8.61. The standard InChI is InChI=1S/C13H11BrFNO2/c1-18-12-3-2-10(15)5-11(12)13(17)8-4-9(14)7-16-6-8/h2-7,13,17H,1H3. The number of hydrogen-bond acceptors (Lipinski definition) is 3. The van der Waals surface area contributed by atoms with Gasteiger partial charge in [-0.3, -0.25) is 4.98 Å². The third kappa shape index (κ3) is 2.68. The normalized spacial score (nSPS) is 12.2. The molecule has 0 amide bonds. The SMILES string of the molecule is COc1ccc(F)cc1C(O)c1cncc(Br)c1. The van der Waals surface area contributed by atoms with Gasteiger partial charge in [0.05, 0.1) is 7.11 Å². The van der Waals surface area contributed by atoms with Crippen LogP contribution in [0.1, 0.15) is 17.2 Å². The molecular weight excluding hydrogens is 301 g/mol. The van der Waals surface area contributed by atoms with Gasteiger partial charge in [0.2, 0.25) is 0 Å². The van der Waals surface area contributed by atoms with Crippen LogP contribution in [0.2, 0.25) is 0 Å². The number of pyridine rings is 1. The maximum Gasteiger partial charge on any atom is 0.125 e. The Morgan fingerprint density at radius 3 is 2.78 bits per heavy atom. The molecule has 0 saturated heterocycles. The van der Waals surface area contributed by atoms with Crippen molar-refractivity contribution in [2.24, 2.45) is 0 Å². The quantitative estimate of drug-likeness (QED) is 0.947. The zero-order valence-electron chi connectivity index (χ0n) is 9.60. The Labute approximate surface area is 112 Å². The number of halogens is 2. The van der Waals surface area contributed by atoms with Crippen LogP contribution in [-0.4, -0.2) is 17.2 Å². The van der Waals surface area contributed by atoms with Gasteiger partial charge in [-0.1, -0.05) is 0 Å².